The van der Waals surface area contributed by atoms with Crippen LogP contribution in [0.4, 0.5) is 4.39 Å². The maximum atomic E-state index is 12.9. The summed E-state index contributed by atoms with van der Waals surface area (Å²) >= 11 is 3.39. The van der Waals surface area contributed by atoms with Gasteiger partial charge < -0.3 is 5.73 Å². The Morgan fingerprint density at radius 1 is 1.50 bits per heavy atom. The summed E-state index contributed by atoms with van der Waals surface area (Å²) in [7, 11) is 0. The van der Waals surface area contributed by atoms with Crippen LogP contribution in [0, 0.1) is 12.7 Å². The van der Waals surface area contributed by atoms with Crippen LogP contribution in [-0.4, -0.2) is 6.54 Å². The molecule has 0 spiro atoms. The van der Waals surface area contributed by atoms with E-state index < -0.39 is 0 Å². The molecule has 0 bridgehead atoms. The number of hydrogen-bond donors (Lipinski definition) is 1. The van der Waals surface area contributed by atoms with Gasteiger partial charge in [0.2, 0.25) is 0 Å². The molecule has 0 aliphatic carbocycles. The lowest BCUT2D eigenvalue weighted by molar-refractivity contribution is 0.623. The Morgan fingerprint density at radius 2 is 2.17 bits per heavy atom. The Morgan fingerprint density at radius 3 is 2.75 bits per heavy atom. The molecule has 0 aromatic heterocycles. The SMILES string of the molecule is Cc1cc(F)cc(CCN)c1Br. The lowest BCUT2D eigenvalue weighted by Gasteiger charge is -2.05. The predicted octanol–water partition coefficient (Wildman–Crippen LogP) is 2.40. The van der Waals surface area contributed by atoms with Crippen LogP contribution in [0.5, 0.6) is 0 Å². The van der Waals surface area contributed by atoms with E-state index in [0.717, 1.165) is 15.6 Å². The Hall–Kier alpha value is -0.410. The highest BCUT2D eigenvalue weighted by Crippen LogP contribution is 2.22. The normalized spacial score (nSPS) is 10.3. The maximum Gasteiger partial charge on any atom is 0.123 e. The topological polar surface area (TPSA) is 26.0 Å². The van der Waals surface area contributed by atoms with E-state index in [9.17, 15) is 4.39 Å². The molecule has 0 heterocycles. The number of nitrogens with two attached hydrogens (primary N) is 1. The molecule has 0 amide bonds. The molecule has 0 fully saturated rings. The fraction of sp³-hybridized carbons (Fsp3) is 0.333. The van der Waals surface area contributed by atoms with E-state index in [1.165, 1.54) is 12.1 Å². The van der Waals surface area contributed by atoms with Crippen molar-refractivity contribution in [1.29, 1.82) is 0 Å². The van der Waals surface area contributed by atoms with Crippen LogP contribution >= 0.6 is 15.9 Å². The van der Waals surface area contributed by atoms with Gasteiger partial charge in [-0.25, -0.2) is 4.39 Å². The molecule has 0 saturated heterocycles. The first-order chi connectivity index (χ1) is 5.65. The molecule has 0 aliphatic heterocycles. The molecule has 0 radical (unpaired) electrons. The summed E-state index contributed by atoms with van der Waals surface area (Å²) in [5.74, 6) is -0.195. The largest absolute Gasteiger partial charge is 0.330 e. The molecule has 1 nitrogen and oxygen atoms in total. The molecule has 0 atom stereocenters. The summed E-state index contributed by atoms with van der Waals surface area (Å²) in [5.41, 5.74) is 7.24. The van der Waals surface area contributed by atoms with Crippen LogP contribution in [0.2, 0.25) is 0 Å². The highest BCUT2D eigenvalue weighted by Gasteiger charge is 2.04. The lowest BCUT2D eigenvalue weighted by Crippen LogP contribution is -2.04. The van der Waals surface area contributed by atoms with Crippen molar-refractivity contribution in [2.75, 3.05) is 6.54 Å². The molecule has 2 N–H and O–H groups in total. The average molecular weight is 232 g/mol. The predicted molar refractivity (Wildman–Crippen MR) is 51.6 cm³/mol. The van der Waals surface area contributed by atoms with Crippen molar-refractivity contribution in [3.05, 3.63) is 33.5 Å². The molecule has 3 heteroatoms. The molecule has 1 aromatic rings. The average Bonchev–Trinajstić information content (AvgIpc) is 2.00. The van der Waals surface area contributed by atoms with E-state index in [1.54, 1.807) is 0 Å². The molecule has 12 heavy (non-hydrogen) atoms. The number of aryl methyl sites for hydroxylation is 1. The fourth-order valence-corrected chi connectivity index (χ4v) is 1.56. The number of halogens is 2. The van der Waals surface area contributed by atoms with Crippen LogP contribution < -0.4 is 5.73 Å². The van der Waals surface area contributed by atoms with Crippen LogP contribution in [0.25, 0.3) is 0 Å². The zero-order valence-corrected chi connectivity index (χ0v) is 8.49. The second-order valence-electron chi connectivity index (χ2n) is 2.73. The van der Waals surface area contributed by atoms with E-state index in [-0.39, 0.29) is 5.82 Å². The Balaban J connectivity index is 3.09. The quantitative estimate of drug-likeness (QED) is 0.832. The molecule has 1 rings (SSSR count). The third-order valence-electron chi connectivity index (χ3n) is 1.71. The zero-order valence-electron chi connectivity index (χ0n) is 6.90. The molecule has 0 saturated carbocycles. The lowest BCUT2D eigenvalue weighted by atomic mass is 10.1. The van der Waals surface area contributed by atoms with E-state index in [4.69, 9.17) is 5.73 Å². The molecule has 0 unspecified atom stereocenters. The van der Waals surface area contributed by atoms with Crippen molar-refractivity contribution in [3.8, 4) is 0 Å². The van der Waals surface area contributed by atoms with Gasteiger partial charge >= 0.3 is 0 Å². The second-order valence-corrected chi connectivity index (χ2v) is 3.53. The first kappa shape index (κ1) is 9.68. The summed E-state index contributed by atoms with van der Waals surface area (Å²) in [6, 6.07) is 3.02. The van der Waals surface area contributed by atoms with Crippen LogP contribution in [0.1, 0.15) is 11.1 Å². The number of hydrogen-bond acceptors (Lipinski definition) is 1. The van der Waals surface area contributed by atoms with Crippen LogP contribution in [0.15, 0.2) is 16.6 Å². The number of rotatable bonds is 2. The first-order valence-electron chi connectivity index (χ1n) is 3.79. The highest BCUT2D eigenvalue weighted by atomic mass is 79.9. The Kier molecular flexibility index (Phi) is 3.23. The summed E-state index contributed by atoms with van der Waals surface area (Å²) in [6.45, 7) is 2.41. The van der Waals surface area contributed by atoms with Gasteiger partial charge in [0.1, 0.15) is 5.82 Å². The Bertz CT molecular complexity index is 286. The summed E-state index contributed by atoms with van der Waals surface area (Å²) < 4.78 is 13.8. The van der Waals surface area contributed by atoms with Crippen molar-refractivity contribution in [2.24, 2.45) is 5.73 Å². The van der Waals surface area contributed by atoms with Crippen LogP contribution in [0.3, 0.4) is 0 Å². The third kappa shape index (κ3) is 2.05. The third-order valence-corrected chi connectivity index (χ3v) is 2.84. The minimum atomic E-state index is -0.195. The van der Waals surface area contributed by atoms with Gasteiger partial charge in [0.05, 0.1) is 0 Å². The molecular weight excluding hydrogens is 221 g/mol. The highest BCUT2D eigenvalue weighted by molar-refractivity contribution is 9.10. The summed E-state index contributed by atoms with van der Waals surface area (Å²) in [5, 5.41) is 0. The summed E-state index contributed by atoms with van der Waals surface area (Å²) in [4.78, 5) is 0. The number of benzene rings is 1. The first-order valence-corrected chi connectivity index (χ1v) is 4.59. The molecule has 66 valence electrons. The minimum absolute atomic E-state index is 0.195. The van der Waals surface area contributed by atoms with E-state index in [0.29, 0.717) is 13.0 Å². The summed E-state index contributed by atoms with van der Waals surface area (Å²) in [6.07, 6.45) is 0.708. The maximum absolute atomic E-state index is 12.9. The van der Waals surface area contributed by atoms with Gasteiger partial charge in [-0.2, -0.15) is 0 Å². The van der Waals surface area contributed by atoms with Crippen molar-refractivity contribution in [1.82, 2.24) is 0 Å². The van der Waals surface area contributed by atoms with Gasteiger partial charge in [0, 0.05) is 4.47 Å². The van der Waals surface area contributed by atoms with Gasteiger partial charge in [0.25, 0.3) is 0 Å². The van der Waals surface area contributed by atoms with Crippen LogP contribution in [-0.2, 0) is 6.42 Å². The van der Waals surface area contributed by atoms with Crippen molar-refractivity contribution < 1.29 is 4.39 Å². The van der Waals surface area contributed by atoms with E-state index in [1.807, 2.05) is 6.92 Å². The Labute approximate surface area is 79.9 Å². The minimum Gasteiger partial charge on any atom is -0.330 e. The van der Waals surface area contributed by atoms with E-state index >= 15 is 0 Å². The van der Waals surface area contributed by atoms with E-state index in [2.05, 4.69) is 15.9 Å². The van der Waals surface area contributed by atoms with Gasteiger partial charge in [0.15, 0.2) is 0 Å². The second kappa shape index (κ2) is 4.01. The smallest absolute Gasteiger partial charge is 0.123 e. The zero-order chi connectivity index (χ0) is 9.14. The van der Waals surface area contributed by atoms with Crippen molar-refractivity contribution in [3.63, 3.8) is 0 Å². The molecular formula is C9H11BrFN. The van der Waals surface area contributed by atoms with Gasteiger partial charge in [-0.05, 0) is 43.1 Å². The van der Waals surface area contributed by atoms with Crippen molar-refractivity contribution in [2.45, 2.75) is 13.3 Å². The standard InChI is InChI=1S/C9H11BrFN/c1-6-4-8(11)5-7(2-3-12)9(6)10/h4-5H,2-3,12H2,1H3. The van der Waals surface area contributed by atoms with Gasteiger partial charge in [-0.1, -0.05) is 15.9 Å². The van der Waals surface area contributed by atoms with Gasteiger partial charge in [-0.15, -0.1) is 0 Å². The fourth-order valence-electron chi connectivity index (χ4n) is 1.13. The van der Waals surface area contributed by atoms with Crippen molar-refractivity contribution >= 4 is 15.9 Å². The molecule has 1 aromatic carbocycles. The molecule has 0 aliphatic rings. The monoisotopic (exact) mass is 231 g/mol. The van der Waals surface area contributed by atoms with Gasteiger partial charge in [-0.3, -0.25) is 0 Å².